The van der Waals surface area contributed by atoms with E-state index in [4.69, 9.17) is 14.2 Å². The molecular formula is C21H28N4O3. The molecule has 0 atom stereocenters. The molecule has 2 heterocycles. The largest absolute Gasteiger partial charge is 0.477 e. The molecule has 3 rings (SSSR count). The van der Waals surface area contributed by atoms with Gasteiger partial charge < -0.3 is 24.8 Å². The minimum absolute atomic E-state index is 0.298. The lowest BCUT2D eigenvalue weighted by Crippen LogP contribution is -2.38. The van der Waals surface area contributed by atoms with E-state index >= 15 is 0 Å². The van der Waals surface area contributed by atoms with E-state index in [-0.39, 0.29) is 0 Å². The summed E-state index contributed by atoms with van der Waals surface area (Å²) in [4.78, 5) is 8.99. The standard InChI is InChI=1S/C21H28N4O3/c1-3-12-26-20-17(6-5-10-23-20)14-25-21(22-4-2)24-11-9-16-7-8-18-19(13-16)28-15-27-18/h5-8,10,13H,3-4,9,11-12,14-15H2,1-2H3,(H2,22,24,25). The average Bonchev–Trinajstić information content (AvgIpc) is 3.19. The highest BCUT2D eigenvalue weighted by molar-refractivity contribution is 5.79. The molecule has 7 heteroatoms. The van der Waals surface area contributed by atoms with Gasteiger partial charge in [0, 0.05) is 24.8 Å². The molecule has 1 aliphatic rings. The maximum Gasteiger partial charge on any atom is 0.231 e. The fourth-order valence-electron chi connectivity index (χ4n) is 2.80. The number of hydrogen-bond acceptors (Lipinski definition) is 5. The molecule has 0 saturated heterocycles. The smallest absolute Gasteiger partial charge is 0.231 e. The number of ether oxygens (including phenoxy) is 3. The second-order valence-corrected chi connectivity index (χ2v) is 6.38. The summed E-state index contributed by atoms with van der Waals surface area (Å²) in [5, 5.41) is 6.65. The van der Waals surface area contributed by atoms with Crippen molar-refractivity contribution in [2.45, 2.75) is 33.2 Å². The van der Waals surface area contributed by atoms with Gasteiger partial charge in [0.15, 0.2) is 17.5 Å². The number of aromatic nitrogens is 1. The van der Waals surface area contributed by atoms with Crippen LogP contribution in [-0.4, -0.2) is 37.4 Å². The molecule has 0 amide bonds. The topological polar surface area (TPSA) is 77.0 Å². The molecule has 2 aromatic rings. The molecule has 1 aliphatic heterocycles. The Kier molecular flexibility index (Phi) is 7.35. The van der Waals surface area contributed by atoms with E-state index in [1.54, 1.807) is 6.20 Å². The Balaban J connectivity index is 1.56. The van der Waals surface area contributed by atoms with Crippen LogP contribution >= 0.6 is 0 Å². The SMILES string of the molecule is CCCOc1ncccc1CN=C(NCC)NCCc1ccc2c(c1)OCO2. The first-order valence-electron chi connectivity index (χ1n) is 9.77. The summed E-state index contributed by atoms with van der Waals surface area (Å²) in [6, 6.07) is 9.95. The van der Waals surface area contributed by atoms with E-state index < -0.39 is 0 Å². The number of guanidine groups is 1. The fraction of sp³-hybridized carbons (Fsp3) is 0.429. The third-order valence-corrected chi connectivity index (χ3v) is 4.19. The number of benzene rings is 1. The number of hydrogen-bond donors (Lipinski definition) is 2. The number of nitrogens with zero attached hydrogens (tertiary/aromatic N) is 2. The van der Waals surface area contributed by atoms with E-state index in [1.165, 1.54) is 5.56 Å². The van der Waals surface area contributed by atoms with Gasteiger partial charge in [-0.15, -0.1) is 0 Å². The first-order valence-corrected chi connectivity index (χ1v) is 9.77. The van der Waals surface area contributed by atoms with Crippen molar-refractivity contribution in [2.24, 2.45) is 4.99 Å². The molecule has 0 spiro atoms. The van der Waals surface area contributed by atoms with Crippen molar-refractivity contribution < 1.29 is 14.2 Å². The van der Waals surface area contributed by atoms with Crippen molar-refractivity contribution in [3.63, 3.8) is 0 Å². The van der Waals surface area contributed by atoms with Crippen LogP contribution in [0.5, 0.6) is 17.4 Å². The van der Waals surface area contributed by atoms with Crippen molar-refractivity contribution in [1.29, 1.82) is 0 Å². The molecule has 0 radical (unpaired) electrons. The molecular weight excluding hydrogens is 356 g/mol. The molecule has 7 nitrogen and oxygen atoms in total. The van der Waals surface area contributed by atoms with Crippen LogP contribution in [-0.2, 0) is 13.0 Å². The Labute approximate surface area is 166 Å². The lowest BCUT2D eigenvalue weighted by atomic mass is 10.1. The monoisotopic (exact) mass is 384 g/mol. The van der Waals surface area contributed by atoms with Crippen molar-refractivity contribution in [3.8, 4) is 17.4 Å². The quantitative estimate of drug-likeness (QED) is 0.511. The number of pyridine rings is 1. The highest BCUT2D eigenvalue weighted by Crippen LogP contribution is 2.32. The van der Waals surface area contributed by atoms with Gasteiger partial charge >= 0.3 is 0 Å². The number of nitrogens with one attached hydrogen (secondary N) is 2. The average molecular weight is 384 g/mol. The zero-order chi connectivity index (χ0) is 19.6. The van der Waals surface area contributed by atoms with Crippen LogP contribution in [0.25, 0.3) is 0 Å². The molecule has 0 bridgehead atoms. The van der Waals surface area contributed by atoms with Gasteiger partial charge in [0.25, 0.3) is 0 Å². The predicted octanol–water partition coefficient (Wildman–Crippen LogP) is 2.90. The van der Waals surface area contributed by atoms with E-state index in [1.807, 2.05) is 24.3 Å². The molecule has 1 aromatic heterocycles. The third-order valence-electron chi connectivity index (χ3n) is 4.19. The van der Waals surface area contributed by atoms with Crippen LogP contribution in [0.4, 0.5) is 0 Å². The van der Waals surface area contributed by atoms with E-state index in [9.17, 15) is 0 Å². The lowest BCUT2D eigenvalue weighted by Gasteiger charge is -2.12. The Morgan fingerprint density at radius 1 is 1.18 bits per heavy atom. The number of fused-ring (bicyclic) bond motifs is 1. The molecule has 1 aromatic carbocycles. The van der Waals surface area contributed by atoms with Gasteiger partial charge in [0.05, 0.1) is 13.2 Å². The van der Waals surface area contributed by atoms with Crippen LogP contribution in [0.2, 0.25) is 0 Å². The van der Waals surface area contributed by atoms with E-state index in [0.717, 1.165) is 49.0 Å². The summed E-state index contributed by atoms with van der Waals surface area (Å²) in [5.74, 6) is 3.05. The van der Waals surface area contributed by atoms with E-state index in [2.05, 4.69) is 40.5 Å². The van der Waals surface area contributed by atoms with Crippen molar-refractivity contribution >= 4 is 5.96 Å². The first kappa shape index (κ1) is 19.8. The fourth-order valence-corrected chi connectivity index (χ4v) is 2.80. The Bertz CT molecular complexity index is 795. The second kappa shape index (κ2) is 10.4. The molecule has 0 aliphatic carbocycles. The minimum atomic E-state index is 0.298. The molecule has 28 heavy (non-hydrogen) atoms. The van der Waals surface area contributed by atoms with Crippen molar-refractivity contribution in [1.82, 2.24) is 15.6 Å². The van der Waals surface area contributed by atoms with Crippen LogP contribution in [0.15, 0.2) is 41.5 Å². The van der Waals surface area contributed by atoms with Gasteiger partial charge in [-0.2, -0.15) is 0 Å². The van der Waals surface area contributed by atoms with Crippen molar-refractivity contribution in [3.05, 3.63) is 47.7 Å². The van der Waals surface area contributed by atoms with Crippen LogP contribution in [0, 0.1) is 0 Å². The normalized spacial score (nSPS) is 12.7. The molecule has 0 unspecified atom stereocenters. The Morgan fingerprint density at radius 2 is 2.07 bits per heavy atom. The van der Waals surface area contributed by atoms with Gasteiger partial charge in [0.1, 0.15) is 0 Å². The Hall–Kier alpha value is -2.96. The summed E-state index contributed by atoms with van der Waals surface area (Å²) in [6.45, 7) is 7.14. The number of aliphatic imine (C=N–C) groups is 1. The highest BCUT2D eigenvalue weighted by atomic mass is 16.7. The van der Waals surface area contributed by atoms with E-state index in [0.29, 0.717) is 25.8 Å². The van der Waals surface area contributed by atoms with Gasteiger partial charge in [-0.3, -0.25) is 0 Å². The van der Waals surface area contributed by atoms with Crippen LogP contribution in [0.1, 0.15) is 31.4 Å². The predicted molar refractivity (Wildman–Crippen MR) is 109 cm³/mol. The Morgan fingerprint density at radius 3 is 2.93 bits per heavy atom. The first-order chi connectivity index (χ1) is 13.8. The summed E-state index contributed by atoms with van der Waals surface area (Å²) in [5.41, 5.74) is 2.17. The summed E-state index contributed by atoms with van der Waals surface area (Å²) in [7, 11) is 0. The molecule has 2 N–H and O–H groups in total. The lowest BCUT2D eigenvalue weighted by molar-refractivity contribution is 0.174. The van der Waals surface area contributed by atoms with Gasteiger partial charge in [-0.05, 0) is 43.5 Å². The molecule has 0 saturated carbocycles. The number of rotatable bonds is 9. The summed E-state index contributed by atoms with van der Waals surface area (Å²) < 4.78 is 16.5. The zero-order valence-electron chi connectivity index (χ0n) is 16.5. The molecule has 150 valence electrons. The maximum atomic E-state index is 5.71. The van der Waals surface area contributed by atoms with Gasteiger partial charge in [0.2, 0.25) is 12.7 Å². The third kappa shape index (κ3) is 5.52. The van der Waals surface area contributed by atoms with Crippen LogP contribution in [0.3, 0.4) is 0 Å². The maximum absolute atomic E-state index is 5.71. The second-order valence-electron chi connectivity index (χ2n) is 6.38. The highest BCUT2D eigenvalue weighted by Gasteiger charge is 2.13. The van der Waals surface area contributed by atoms with Gasteiger partial charge in [-0.1, -0.05) is 19.1 Å². The van der Waals surface area contributed by atoms with Gasteiger partial charge in [-0.25, -0.2) is 9.98 Å². The molecule has 0 fully saturated rings. The minimum Gasteiger partial charge on any atom is -0.477 e. The van der Waals surface area contributed by atoms with Crippen LogP contribution < -0.4 is 24.8 Å². The summed E-state index contributed by atoms with van der Waals surface area (Å²) in [6.07, 6.45) is 3.55. The zero-order valence-corrected chi connectivity index (χ0v) is 16.5. The van der Waals surface area contributed by atoms with Crippen molar-refractivity contribution in [2.75, 3.05) is 26.5 Å². The summed E-state index contributed by atoms with van der Waals surface area (Å²) >= 11 is 0.